The highest BCUT2D eigenvalue weighted by molar-refractivity contribution is 7.26. The fraction of sp³-hybridized carbons (Fsp3) is 0. The first-order valence-electron chi connectivity index (χ1n) is 8.17. The number of fused-ring (bicyclic) bond motifs is 6. The Morgan fingerprint density at radius 3 is 2.48 bits per heavy atom. The van der Waals surface area contributed by atoms with Gasteiger partial charge in [0.1, 0.15) is 5.52 Å². The van der Waals surface area contributed by atoms with Crippen LogP contribution < -0.4 is 0 Å². The van der Waals surface area contributed by atoms with Crippen LogP contribution in [0.15, 0.2) is 77.2 Å². The molecule has 6 rings (SSSR count). The molecule has 3 nitrogen and oxygen atoms in total. The predicted octanol–water partition coefficient (Wildman–Crippen LogP) is 6.14. The average Bonchev–Trinajstić information content (AvgIpc) is 3.32. The molecule has 0 atom stereocenters. The van der Waals surface area contributed by atoms with Crippen LogP contribution >= 0.6 is 11.3 Å². The van der Waals surface area contributed by atoms with Crippen LogP contribution in [0.2, 0.25) is 0 Å². The van der Waals surface area contributed by atoms with Crippen LogP contribution in [0.25, 0.3) is 48.3 Å². The zero-order chi connectivity index (χ0) is 16.4. The van der Waals surface area contributed by atoms with Gasteiger partial charge in [-0.25, -0.2) is 0 Å². The molecule has 0 bridgehead atoms. The molecular formula is C21H12N2OS. The lowest BCUT2D eigenvalue weighted by Crippen LogP contribution is -1.93. The fourth-order valence-corrected chi connectivity index (χ4v) is 4.79. The number of benzene rings is 3. The molecule has 3 heterocycles. The lowest BCUT2D eigenvalue weighted by molar-refractivity contribution is 0.575. The van der Waals surface area contributed by atoms with E-state index in [-0.39, 0.29) is 0 Å². The number of aromatic nitrogens is 2. The van der Waals surface area contributed by atoms with E-state index in [1.54, 1.807) is 0 Å². The summed E-state index contributed by atoms with van der Waals surface area (Å²) in [5, 5.41) is 2.47. The third-order valence-corrected chi connectivity index (χ3v) is 5.85. The molecule has 0 saturated carbocycles. The SMILES string of the molecule is c1ccc2oc(-n3c4ccccc4c4sc5ccccc5c43)nc2c1. The zero-order valence-corrected chi connectivity index (χ0v) is 14.0. The zero-order valence-electron chi connectivity index (χ0n) is 13.1. The van der Waals surface area contributed by atoms with Gasteiger partial charge >= 0.3 is 6.01 Å². The second-order valence-electron chi connectivity index (χ2n) is 6.09. The summed E-state index contributed by atoms with van der Waals surface area (Å²) >= 11 is 1.82. The van der Waals surface area contributed by atoms with Crippen molar-refractivity contribution in [3.05, 3.63) is 72.8 Å². The molecule has 0 fully saturated rings. The van der Waals surface area contributed by atoms with Crippen molar-refractivity contribution in [3.8, 4) is 6.01 Å². The Balaban J connectivity index is 1.85. The van der Waals surface area contributed by atoms with Gasteiger partial charge < -0.3 is 4.42 Å². The minimum atomic E-state index is 0.621. The summed E-state index contributed by atoms with van der Waals surface area (Å²) in [6, 6.07) is 25.5. The first kappa shape index (κ1) is 13.2. The molecule has 0 aliphatic heterocycles. The summed E-state index contributed by atoms with van der Waals surface area (Å²) < 4.78 is 10.8. The third-order valence-electron chi connectivity index (χ3n) is 4.66. The Morgan fingerprint density at radius 1 is 0.800 bits per heavy atom. The van der Waals surface area contributed by atoms with Gasteiger partial charge in [-0.2, -0.15) is 4.98 Å². The van der Waals surface area contributed by atoms with Crippen LogP contribution in [0.1, 0.15) is 0 Å². The summed E-state index contributed by atoms with van der Waals surface area (Å²) in [5.41, 5.74) is 3.99. The molecule has 0 saturated heterocycles. The minimum absolute atomic E-state index is 0.621. The summed E-state index contributed by atoms with van der Waals surface area (Å²) in [5.74, 6) is 0. The lowest BCUT2D eigenvalue weighted by Gasteiger charge is -2.01. The largest absolute Gasteiger partial charge is 0.423 e. The highest BCUT2D eigenvalue weighted by Gasteiger charge is 2.20. The van der Waals surface area contributed by atoms with Crippen molar-refractivity contribution in [2.45, 2.75) is 0 Å². The van der Waals surface area contributed by atoms with Gasteiger partial charge in [-0.15, -0.1) is 11.3 Å². The van der Waals surface area contributed by atoms with Gasteiger partial charge in [0.2, 0.25) is 0 Å². The van der Waals surface area contributed by atoms with Gasteiger partial charge in [-0.1, -0.05) is 48.5 Å². The van der Waals surface area contributed by atoms with E-state index in [0.29, 0.717) is 6.01 Å². The number of para-hydroxylation sites is 3. The number of rotatable bonds is 1. The third kappa shape index (κ3) is 1.72. The molecule has 0 radical (unpaired) electrons. The van der Waals surface area contributed by atoms with Crippen molar-refractivity contribution in [3.63, 3.8) is 0 Å². The smallest absolute Gasteiger partial charge is 0.307 e. The second-order valence-corrected chi connectivity index (χ2v) is 7.14. The van der Waals surface area contributed by atoms with Crippen molar-refractivity contribution in [1.29, 1.82) is 0 Å². The van der Waals surface area contributed by atoms with Crippen molar-refractivity contribution < 1.29 is 4.42 Å². The summed E-state index contributed by atoms with van der Waals surface area (Å²) in [4.78, 5) is 4.74. The van der Waals surface area contributed by atoms with E-state index in [0.717, 1.165) is 16.6 Å². The maximum absolute atomic E-state index is 6.10. The van der Waals surface area contributed by atoms with E-state index in [4.69, 9.17) is 9.40 Å². The molecule has 0 spiro atoms. The standard InChI is InChI=1S/C21H12N2OS/c1-4-10-16-13(7-1)20-19(14-8-2-6-12-18(14)25-20)23(16)21-22-15-9-3-5-11-17(15)24-21/h1-12H. The molecule has 3 aromatic heterocycles. The highest BCUT2D eigenvalue weighted by Crippen LogP contribution is 2.42. The quantitative estimate of drug-likeness (QED) is 0.360. The van der Waals surface area contributed by atoms with Crippen LogP contribution in [-0.4, -0.2) is 9.55 Å². The van der Waals surface area contributed by atoms with Gasteiger partial charge in [0.25, 0.3) is 0 Å². The number of oxazole rings is 1. The molecule has 0 N–H and O–H groups in total. The summed E-state index contributed by atoms with van der Waals surface area (Å²) in [6.45, 7) is 0. The van der Waals surface area contributed by atoms with Crippen molar-refractivity contribution in [2.75, 3.05) is 0 Å². The monoisotopic (exact) mass is 340 g/mol. The maximum Gasteiger partial charge on any atom is 0.307 e. The van der Waals surface area contributed by atoms with Crippen molar-refractivity contribution >= 4 is 53.6 Å². The van der Waals surface area contributed by atoms with Crippen LogP contribution in [0.3, 0.4) is 0 Å². The highest BCUT2D eigenvalue weighted by atomic mass is 32.1. The predicted molar refractivity (Wildman–Crippen MR) is 104 cm³/mol. The molecule has 0 aliphatic rings. The minimum Gasteiger partial charge on any atom is -0.423 e. The Labute approximate surface area is 146 Å². The molecule has 118 valence electrons. The first-order valence-corrected chi connectivity index (χ1v) is 8.98. The first-order chi connectivity index (χ1) is 12.4. The molecular weight excluding hydrogens is 328 g/mol. The Morgan fingerprint density at radius 2 is 1.56 bits per heavy atom. The normalized spacial score (nSPS) is 12.0. The number of thiophene rings is 1. The molecule has 0 unspecified atom stereocenters. The van der Waals surface area contributed by atoms with E-state index in [1.165, 1.54) is 25.7 Å². The Kier molecular flexibility index (Phi) is 2.49. The van der Waals surface area contributed by atoms with E-state index < -0.39 is 0 Å². The van der Waals surface area contributed by atoms with Gasteiger partial charge in [0.15, 0.2) is 5.58 Å². The average molecular weight is 340 g/mol. The summed E-state index contributed by atoms with van der Waals surface area (Å²) in [6.07, 6.45) is 0. The van der Waals surface area contributed by atoms with E-state index in [2.05, 4.69) is 53.1 Å². The van der Waals surface area contributed by atoms with E-state index in [9.17, 15) is 0 Å². The second kappa shape index (κ2) is 4.71. The van der Waals surface area contributed by atoms with Gasteiger partial charge in [-0.3, -0.25) is 4.57 Å². The Hall–Kier alpha value is -3.11. The number of hydrogen-bond acceptors (Lipinski definition) is 3. The van der Waals surface area contributed by atoms with Gasteiger partial charge in [0, 0.05) is 15.5 Å². The van der Waals surface area contributed by atoms with Crippen LogP contribution in [0, 0.1) is 0 Å². The molecule has 6 aromatic rings. The molecule has 3 aromatic carbocycles. The molecule has 4 heteroatoms. The maximum atomic E-state index is 6.10. The fourth-order valence-electron chi connectivity index (χ4n) is 3.57. The Bertz CT molecular complexity index is 1360. The van der Waals surface area contributed by atoms with Crippen LogP contribution in [0.5, 0.6) is 0 Å². The van der Waals surface area contributed by atoms with E-state index in [1.807, 2.05) is 35.6 Å². The molecule has 0 amide bonds. The van der Waals surface area contributed by atoms with Crippen LogP contribution in [0.4, 0.5) is 0 Å². The van der Waals surface area contributed by atoms with Gasteiger partial charge in [-0.05, 0) is 24.3 Å². The topological polar surface area (TPSA) is 31.0 Å². The van der Waals surface area contributed by atoms with Crippen LogP contribution in [-0.2, 0) is 0 Å². The van der Waals surface area contributed by atoms with Crippen molar-refractivity contribution in [1.82, 2.24) is 9.55 Å². The molecule has 25 heavy (non-hydrogen) atoms. The van der Waals surface area contributed by atoms with Gasteiger partial charge in [0.05, 0.1) is 15.7 Å². The lowest BCUT2D eigenvalue weighted by atomic mass is 10.2. The molecule has 0 aliphatic carbocycles. The number of nitrogens with zero attached hydrogens (tertiary/aromatic N) is 2. The van der Waals surface area contributed by atoms with E-state index >= 15 is 0 Å². The number of hydrogen-bond donors (Lipinski definition) is 0. The summed E-state index contributed by atoms with van der Waals surface area (Å²) in [7, 11) is 0. The van der Waals surface area contributed by atoms with Crippen molar-refractivity contribution in [2.24, 2.45) is 0 Å².